The SMILES string of the molecule is Cc1[nH]c2ccc(CCN3CCCC3)cc2c1C(=O)OC(C)c1ccc(C(C)(C)C)cc1. The van der Waals surface area contributed by atoms with Gasteiger partial charge in [0, 0.05) is 23.1 Å². The van der Waals surface area contributed by atoms with Crippen LogP contribution in [0.3, 0.4) is 0 Å². The van der Waals surface area contributed by atoms with Crippen molar-refractivity contribution in [2.75, 3.05) is 19.6 Å². The first-order valence-electron chi connectivity index (χ1n) is 11.9. The molecule has 32 heavy (non-hydrogen) atoms. The van der Waals surface area contributed by atoms with Crippen LogP contribution in [0.2, 0.25) is 0 Å². The first-order chi connectivity index (χ1) is 15.2. The van der Waals surface area contributed by atoms with Gasteiger partial charge in [-0.05, 0) is 80.4 Å². The molecule has 4 nitrogen and oxygen atoms in total. The van der Waals surface area contributed by atoms with E-state index in [4.69, 9.17) is 4.74 Å². The van der Waals surface area contributed by atoms with Gasteiger partial charge in [-0.2, -0.15) is 0 Å². The molecule has 0 aliphatic carbocycles. The molecule has 0 bridgehead atoms. The summed E-state index contributed by atoms with van der Waals surface area (Å²) < 4.78 is 5.91. The third-order valence-electron chi connectivity index (χ3n) is 6.70. The number of benzene rings is 2. The summed E-state index contributed by atoms with van der Waals surface area (Å²) in [6.07, 6.45) is 3.32. The molecular formula is C28H36N2O2. The number of hydrogen-bond acceptors (Lipinski definition) is 3. The molecule has 1 fully saturated rings. The maximum absolute atomic E-state index is 13.2. The third-order valence-corrected chi connectivity index (χ3v) is 6.70. The largest absolute Gasteiger partial charge is 0.454 e. The number of likely N-dealkylation sites (tertiary alicyclic amines) is 1. The van der Waals surface area contributed by atoms with E-state index in [2.05, 4.69) is 73.1 Å². The van der Waals surface area contributed by atoms with E-state index in [0.29, 0.717) is 5.56 Å². The fraction of sp³-hybridized carbons (Fsp3) is 0.464. The normalized spacial score (nSPS) is 15.9. The molecule has 0 amide bonds. The van der Waals surface area contributed by atoms with Crippen molar-refractivity contribution in [3.05, 3.63) is 70.4 Å². The number of fused-ring (bicyclic) bond motifs is 1. The van der Waals surface area contributed by atoms with Crippen LogP contribution in [0, 0.1) is 6.92 Å². The maximum Gasteiger partial charge on any atom is 0.341 e. The molecule has 2 aromatic carbocycles. The standard InChI is InChI=1S/C28H36N2O2/c1-19-26(27(31)32-20(2)22-9-11-23(12-10-22)28(3,4)5)24-18-21(8-13-25(24)29-19)14-17-30-15-6-7-16-30/h8-13,18,20,29H,6-7,14-17H2,1-5H3. The molecule has 1 aromatic heterocycles. The van der Waals surface area contributed by atoms with Gasteiger partial charge in [0.25, 0.3) is 0 Å². The highest BCUT2D eigenvalue weighted by Crippen LogP contribution is 2.28. The van der Waals surface area contributed by atoms with Crippen molar-refractivity contribution in [1.29, 1.82) is 0 Å². The highest BCUT2D eigenvalue weighted by atomic mass is 16.5. The molecule has 1 saturated heterocycles. The fourth-order valence-corrected chi connectivity index (χ4v) is 4.63. The molecule has 1 N–H and O–H groups in total. The summed E-state index contributed by atoms with van der Waals surface area (Å²) in [5.74, 6) is -0.266. The van der Waals surface area contributed by atoms with Crippen molar-refractivity contribution in [3.8, 4) is 0 Å². The van der Waals surface area contributed by atoms with Crippen LogP contribution in [-0.4, -0.2) is 35.5 Å². The molecule has 2 heterocycles. The number of ether oxygens (including phenoxy) is 1. The zero-order chi connectivity index (χ0) is 22.9. The van der Waals surface area contributed by atoms with E-state index < -0.39 is 0 Å². The summed E-state index contributed by atoms with van der Waals surface area (Å²) in [5, 5.41) is 0.960. The van der Waals surface area contributed by atoms with Gasteiger partial charge in [0.15, 0.2) is 0 Å². The Morgan fingerprint density at radius 1 is 1.09 bits per heavy atom. The van der Waals surface area contributed by atoms with E-state index in [-0.39, 0.29) is 17.5 Å². The number of esters is 1. The lowest BCUT2D eigenvalue weighted by molar-refractivity contribution is 0.0339. The number of rotatable bonds is 6. The minimum Gasteiger partial charge on any atom is -0.454 e. The first kappa shape index (κ1) is 22.6. The van der Waals surface area contributed by atoms with Crippen molar-refractivity contribution >= 4 is 16.9 Å². The Kier molecular flexibility index (Phi) is 6.43. The number of carbonyl (C=O) groups is 1. The molecule has 1 aliphatic heterocycles. The van der Waals surface area contributed by atoms with Gasteiger partial charge in [-0.25, -0.2) is 4.79 Å². The van der Waals surface area contributed by atoms with E-state index in [0.717, 1.165) is 35.1 Å². The topological polar surface area (TPSA) is 45.3 Å². The molecule has 170 valence electrons. The van der Waals surface area contributed by atoms with Gasteiger partial charge in [-0.15, -0.1) is 0 Å². The molecule has 1 aliphatic rings. The molecule has 0 radical (unpaired) electrons. The predicted molar refractivity (Wildman–Crippen MR) is 131 cm³/mol. The highest BCUT2D eigenvalue weighted by Gasteiger charge is 2.21. The second-order valence-corrected chi connectivity index (χ2v) is 10.2. The lowest BCUT2D eigenvalue weighted by Crippen LogP contribution is -2.21. The second-order valence-electron chi connectivity index (χ2n) is 10.2. The van der Waals surface area contributed by atoms with Gasteiger partial charge in [0.1, 0.15) is 6.10 Å². The molecule has 0 saturated carbocycles. The minimum atomic E-state index is -0.306. The third kappa shape index (κ3) is 4.91. The van der Waals surface area contributed by atoms with Crippen LogP contribution in [0.25, 0.3) is 10.9 Å². The Morgan fingerprint density at radius 3 is 2.44 bits per heavy atom. The summed E-state index contributed by atoms with van der Waals surface area (Å²) >= 11 is 0. The van der Waals surface area contributed by atoms with Crippen molar-refractivity contribution in [2.45, 2.75) is 65.4 Å². The Labute approximate surface area is 192 Å². The van der Waals surface area contributed by atoms with Gasteiger partial charge >= 0.3 is 5.97 Å². The Balaban J connectivity index is 1.50. The smallest absolute Gasteiger partial charge is 0.341 e. The van der Waals surface area contributed by atoms with Crippen LogP contribution in [0.4, 0.5) is 0 Å². The number of hydrogen-bond donors (Lipinski definition) is 1. The van der Waals surface area contributed by atoms with Gasteiger partial charge in [0.05, 0.1) is 5.56 Å². The number of nitrogens with one attached hydrogen (secondary N) is 1. The molecular weight excluding hydrogens is 396 g/mol. The quantitative estimate of drug-likeness (QED) is 0.463. The number of aromatic amines is 1. The summed E-state index contributed by atoms with van der Waals surface area (Å²) in [6, 6.07) is 14.8. The Bertz CT molecular complexity index is 1080. The molecule has 1 unspecified atom stereocenters. The van der Waals surface area contributed by atoms with Crippen LogP contribution in [0.15, 0.2) is 42.5 Å². The summed E-state index contributed by atoms with van der Waals surface area (Å²) in [4.78, 5) is 19.1. The van der Waals surface area contributed by atoms with E-state index in [9.17, 15) is 4.79 Å². The fourth-order valence-electron chi connectivity index (χ4n) is 4.63. The summed E-state index contributed by atoms with van der Waals surface area (Å²) in [6.45, 7) is 14.0. The zero-order valence-corrected chi connectivity index (χ0v) is 20.1. The minimum absolute atomic E-state index is 0.103. The Hall–Kier alpha value is -2.59. The molecule has 4 rings (SSSR count). The van der Waals surface area contributed by atoms with Crippen LogP contribution in [0.5, 0.6) is 0 Å². The first-order valence-corrected chi connectivity index (χ1v) is 11.9. The summed E-state index contributed by atoms with van der Waals surface area (Å²) in [5.41, 5.74) is 6.15. The van der Waals surface area contributed by atoms with Crippen LogP contribution >= 0.6 is 0 Å². The maximum atomic E-state index is 13.2. The lowest BCUT2D eigenvalue weighted by Gasteiger charge is -2.20. The number of carbonyl (C=O) groups excluding carboxylic acids is 1. The zero-order valence-electron chi connectivity index (χ0n) is 20.1. The number of nitrogens with zero attached hydrogens (tertiary/aromatic N) is 1. The van der Waals surface area contributed by atoms with E-state index in [1.54, 1.807) is 0 Å². The van der Waals surface area contributed by atoms with E-state index in [1.165, 1.54) is 37.1 Å². The second kappa shape index (κ2) is 9.11. The van der Waals surface area contributed by atoms with Crippen molar-refractivity contribution < 1.29 is 9.53 Å². The van der Waals surface area contributed by atoms with Gasteiger partial charge in [-0.3, -0.25) is 0 Å². The van der Waals surface area contributed by atoms with Crippen molar-refractivity contribution in [1.82, 2.24) is 9.88 Å². The van der Waals surface area contributed by atoms with Crippen molar-refractivity contribution in [3.63, 3.8) is 0 Å². The van der Waals surface area contributed by atoms with Crippen LogP contribution in [0.1, 0.15) is 79.4 Å². The number of aryl methyl sites for hydroxylation is 1. The highest BCUT2D eigenvalue weighted by molar-refractivity contribution is 6.05. The monoisotopic (exact) mass is 432 g/mol. The van der Waals surface area contributed by atoms with Crippen molar-refractivity contribution in [2.24, 2.45) is 0 Å². The molecule has 3 aromatic rings. The average molecular weight is 433 g/mol. The van der Waals surface area contributed by atoms with E-state index >= 15 is 0 Å². The number of aromatic nitrogens is 1. The van der Waals surface area contributed by atoms with Gasteiger partial charge in [-0.1, -0.05) is 51.1 Å². The number of H-pyrrole nitrogens is 1. The lowest BCUT2D eigenvalue weighted by atomic mass is 9.86. The van der Waals surface area contributed by atoms with Crippen LogP contribution < -0.4 is 0 Å². The average Bonchev–Trinajstić information content (AvgIpc) is 3.38. The predicted octanol–water partition coefficient (Wildman–Crippen LogP) is 6.33. The van der Waals surface area contributed by atoms with E-state index in [1.807, 2.05) is 13.8 Å². The molecule has 0 spiro atoms. The van der Waals surface area contributed by atoms with Gasteiger partial charge < -0.3 is 14.6 Å². The van der Waals surface area contributed by atoms with Gasteiger partial charge in [0.2, 0.25) is 0 Å². The Morgan fingerprint density at radius 2 is 1.78 bits per heavy atom. The summed E-state index contributed by atoms with van der Waals surface area (Å²) in [7, 11) is 0. The molecule has 1 atom stereocenters. The molecule has 4 heteroatoms. The van der Waals surface area contributed by atoms with Crippen LogP contribution in [-0.2, 0) is 16.6 Å².